The molecule has 2 rings (SSSR count). The van der Waals surface area contributed by atoms with Crippen LogP contribution in [0.3, 0.4) is 0 Å². The summed E-state index contributed by atoms with van der Waals surface area (Å²) >= 11 is 0. The van der Waals surface area contributed by atoms with Crippen molar-refractivity contribution in [3.8, 4) is 0 Å². The van der Waals surface area contributed by atoms with Crippen LogP contribution in [-0.2, 0) is 4.74 Å². The third-order valence-electron chi connectivity index (χ3n) is 2.44. The summed E-state index contributed by atoms with van der Waals surface area (Å²) in [5.74, 6) is -0.509. The van der Waals surface area contributed by atoms with Gasteiger partial charge in [0.15, 0.2) is 0 Å². The van der Waals surface area contributed by atoms with Gasteiger partial charge in [0.2, 0.25) is 0 Å². The molecule has 0 radical (unpaired) electrons. The van der Waals surface area contributed by atoms with Gasteiger partial charge in [0.25, 0.3) is 5.69 Å². The highest BCUT2D eigenvalue weighted by molar-refractivity contribution is 5.94. The van der Waals surface area contributed by atoms with Gasteiger partial charge in [0, 0.05) is 24.1 Å². The molecule has 0 amide bonds. The Morgan fingerprint density at radius 1 is 1.56 bits per heavy atom. The number of hydrogen-bond donors (Lipinski definition) is 0. The smallest absolute Gasteiger partial charge is 0.339 e. The molecule has 0 saturated heterocycles. The second kappa shape index (κ2) is 3.77. The van der Waals surface area contributed by atoms with Crippen molar-refractivity contribution in [2.45, 2.75) is 12.5 Å². The maximum absolute atomic E-state index is 11.4. The van der Waals surface area contributed by atoms with Gasteiger partial charge in [-0.05, 0) is 6.07 Å². The van der Waals surface area contributed by atoms with Crippen LogP contribution in [0, 0.1) is 10.1 Å². The van der Waals surface area contributed by atoms with Gasteiger partial charge >= 0.3 is 5.97 Å². The van der Waals surface area contributed by atoms with Gasteiger partial charge in [0.1, 0.15) is 6.10 Å². The highest BCUT2D eigenvalue weighted by Gasteiger charge is 2.31. The van der Waals surface area contributed by atoms with E-state index in [4.69, 9.17) is 4.74 Å². The average Bonchev–Trinajstić information content (AvgIpc) is 2.56. The molecule has 1 atom stereocenters. The molecule has 1 aliphatic heterocycles. The lowest BCUT2D eigenvalue weighted by molar-refractivity contribution is -0.384. The van der Waals surface area contributed by atoms with Crippen molar-refractivity contribution in [3.63, 3.8) is 0 Å². The molecule has 1 aromatic rings. The fraction of sp³-hybridized carbons (Fsp3) is 0.182. The van der Waals surface area contributed by atoms with Gasteiger partial charge in [-0.2, -0.15) is 0 Å². The minimum atomic E-state index is -0.533. The number of carbonyl (C=O) groups excluding carboxylic acids is 1. The van der Waals surface area contributed by atoms with Gasteiger partial charge in [-0.3, -0.25) is 10.1 Å². The van der Waals surface area contributed by atoms with Crippen molar-refractivity contribution in [2.75, 3.05) is 0 Å². The van der Waals surface area contributed by atoms with Crippen LogP contribution < -0.4 is 0 Å². The summed E-state index contributed by atoms with van der Waals surface area (Å²) in [4.78, 5) is 21.5. The molecule has 16 heavy (non-hydrogen) atoms. The maximum Gasteiger partial charge on any atom is 0.339 e. The van der Waals surface area contributed by atoms with Crippen LogP contribution >= 0.6 is 0 Å². The maximum atomic E-state index is 11.4. The first kappa shape index (κ1) is 10.4. The van der Waals surface area contributed by atoms with Crippen LogP contribution in [0.5, 0.6) is 0 Å². The predicted molar refractivity (Wildman–Crippen MR) is 56.1 cm³/mol. The molecule has 5 nitrogen and oxygen atoms in total. The van der Waals surface area contributed by atoms with Gasteiger partial charge in [-0.15, -0.1) is 6.58 Å². The fourth-order valence-corrected chi connectivity index (χ4v) is 1.70. The average molecular weight is 219 g/mol. The van der Waals surface area contributed by atoms with Gasteiger partial charge in [0.05, 0.1) is 10.5 Å². The number of non-ortho nitro benzene ring substituents is 1. The molecular formula is C11H9NO4. The zero-order valence-corrected chi connectivity index (χ0v) is 8.38. The van der Waals surface area contributed by atoms with Crippen LogP contribution in [0.2, 0.25) is 0 Å². The van der Waals surface area contributed by atoms with Crippen molar-refractivity contribution in [3.05, 3.63) is 52.1 Å². The normalized spacial score (nSPS) is 17.8. The van der Waals surface area contributed by atoms with E-state index in [0.29, 0.717) is 12.0 Å². The summed E-state index contributed by atoms with van der Waals surface area (Å²) in [7, 11) is 0. The minimum absolute atomic E-state index is 0.102. The lowest BCUT2D eigenvalue weighted by Crippen LogP contribution is -1.96. The van der Waals surface area contributed by atoms with Crippen molar-refractivity contribution in [2.24, 2.45) is 0 Å². The van der Waals surface area contributed by atoms with Crippen molar-refractivity contribution in [1.82, 2.24) is 0 Å². The Morgan fingerprint density at radius 2 is 2.31 bits per heavy atom. The number of rotatable bonds is 3. The van der Waals surface area contributed by atoms with Crippen molar-refractivity contribution >= 4 is 11.7 Å². The Hall–Kier alpha value is -2.17. The molecule has 1 aliphatic rings. The Kier molecular flexibility index (Phi) is 2.44. The number of nitro benzene ring substituents is 1. The summed E-state index contributed by atoms with van der Waals surface area (Å²) in [6, 6.07) is 4.18. The van der Waals surface area contributed by atoms with E-state index < -0.39 is 10.9 Å². The molecule has 0 unspecified atom stereocenters. The lowest BCUT2D eigenvalue weighted by Gasteiger charge is -2.06. The van der Waals surface area contributed by atoms with Crippen LogP contribution in [0.15, 0.2) is 30.9 Å². The molecular weight excluding hydrogens is 210 g/mol. The predicted octanol–water partition coefficient (Wildman–Crippen LogP) is 2.38. The zero-order valence-electron chi connectivity index (χ0n) is 8.38. The third kappa shape index (κ3) is 1.56. The Balaban J connectivity index is 2.44. The number of nitro groups is 1. The Bertz CT molecular complexity index is 481. The number of nitrogens with zero attached hydrogens (tertiary/aromatic N) is 1. The topological polar surface area (TPSA) is 69.4 Å². The second-order valence-corrected chi connectivity index (χ2v) is 3.45. The Morgan fingerprint density at radius 3 is 2.94 bits per heavy atom. The molecule has 0 saturated carbocycles. The third-order valence-corrected chi connectivity index (χ3v) is 2.44. The van der Waals surface area contributed by atoms with E-state index in [0.717, 1.165) is 0 Å². The number of cyclic esters (lactones) is 1. The number of fused-ring (bicyclic) bond motifs is 1. The first-order chi connectivity index (χ1) is 7.63. The van der Waals surface area contributed by atoms with Crippen molar-refractivity contribution < 1.29 is 14.5 Å². The van der Waals surface area contributed by atoms with E-state index in [1.165, 1.54) is 12.1 Å². The minimum Gasteiger partial charge on any atom is -0.454 e. The molecule has 0 N–H and O–H groups in total. The molecule has 82 valence electrons. The summed E-state index contributed by atoms with van der Waals surface area (Å²) in [6.45, 7) is 3.57. The summed E-state index contributed by atoms with van der Waals surface area (Å²) < 4.78 is 5.07. The number of carbonyl (C=O) groups is 1. The largest absolute Gasteiger partial charge is 0.454 e. The van der Waals surface area contributed by atoms with Crippen LogP contribution in [0.1, 0.15) is 28.4 Å². The molecule has 0 fully saturated rings. The second-order valence-electron chi connectivity index (χ2n) is 3.45. The van der Waals surface area contributed by atoms with Gasteiger partial charge in [-0.25, -0.2) is 4.79 Å². The highest BCUT2D eigenvalue weighted by atomic mass is 16.6. The first-order valence-corrected chi connectivity index (χ1v) is 4.73. The standard InChI is InChI=1S/C11H9NO4/c1-2-3-10-8-5-4-7(12(14)15)6-9(8)11(13)16-10/h2,4-6,10H,1,3H2/t10-/m1/s1. The van der Waals surface area contributed by atoms with E-state index in [2.05, 4.69) is 6.58 Å². The van der Waals surface area contributed by atoms with Crippen molar-refractivity contribution in [1.29, 1.82) is 0 Å². The Labute approximate surface area is 91.5 Å². The molecule has 0 bridgehead atoms. The molecule has 0 aromatic heterocycles. The molecule has 1 aromatic carbocycles. The van der Waals surface area contributed by atoms with E-state index in [1.807, 2.05) is 0 Å². The first-order valence-electron chi connectivity index (χ1n) is 4.73. The number of esters is 1. The quantitative estimate of drug-likeness (QED) is 0.338. The SMILES string of the molecule is C=CC[C@H]1OC(=O)c2cc([N+](=O)[O-])ccc21. The monoisotopic (exact) mass is 219 g/mol. The van der Waals surface area contributed by atoms with E-state index >= 15 is 0 Å². The summed E-state index contributed by atoms with van der Waals surface area (Å²) in [5, 5.41) is 10.6. The molecule has 0 aliphatic carbocycles. The van der Waals surface area contributed by atoms with E-state index in [9.17, 15) is 14.9 Å². The lowest BCUT2D eigenvalue weighted by atomic mass is 10.0. The summed E-state index contributed by atoms with van der Waals surface area (Å²) in [6.07, 6.45) is 1.80. The highest BCUT2D eigenvalue weighted by Crippen LogP contribution is 2.34. The zero-order chi connectivity index (χ0) is 11.7. The van der Waals surface area contributed by atoms with Gasteiger partial charge in [-0.1, -0.05) is 6.08 Å². The fourth-order valence-electron chi connectivity index (χ4n) is 1.70. The molecule has 5 heteroatoms. The van der Waals surface area contributed by atoms with Crippen LogP contribution in [-0.4, -0.2) is 10.9 Å². The van der Waals surface area contributed by atoms with E-state index in [1.54, 1.807) is 12.1 Å². The summed E-state index contributed by atoms with van der Waals surface area (Å²) in [5.41, 5.74) is 0.867. The molecule has 0 spiro atoms. The number of benzene rings is 1. The number of ether oxygens (including phenoxy) is 1. The van der Waals surface area contributed by atoms with Gasteiger partial charge < -0.3 is 4.74 Å². The van der Waals surface area contributed by atoms with Crippen LogP contribution in [0.25, 0.3) is 0 Å². The van der Waals surface area contributed by atoms with Crippen LogP contribution in [0.4, 0.5) is 5.69 Å². The number of hydrogen-bond acceptors (Lipinski definition) is 4. The van der Waals surface area contributed by atoms with E-state index in [-0.39, 0.29) is 17.4 Å². The molecule has 1 heterocycles.